The lowest BCUT2D eigenvalue weighted by Crippen LogP contribution is -2.33. The summed E-state index contributed by atoms with van der Waals surface area (Å²) in [6.07, 6.45) is 0.590. The van der Waals surface area contributed by atoms with Crippen molar-refractivity contribution in [1.29, 1.82) is 0 Å². The van der Waals surface area contributed by atoms with Crippen LogP contribution in [0.4, 0.5) is 5.69 Å². The topological polar surface area (TPSA) is 123 Å². The Morgan fingerprint density at radius 2 is 2.10 bits per heavy atom. The minimum atomic E-state index is -3.89. The van der Waals surface area contributed by atoms with E-state index in [1.807, 2.05) is 6.92 Å². The quantitative estimate of drug-likeness (QED) is 0.556. The van der Waals surface area contributed by atoms with Gasteiger partial charge >= 0.3 is 0 Å². The summed E-state index contributed by atoms with van der Waals surface area (Å²) < 4.78 is 37.8. The van der Waals surface area contributed by atoms with Crippen molar-refractivity contribution in [2.45, 2.75) is 25.2 Å². The molecule has 0 atom stereocenters. The van der Waals surface area contributed by atoms with Crippen LogP contribution in [0.15, 0.2) is 39.8 Å². The number of anilines is 1. The molecule has 9 nitrogen and oxygen atoms in total. The fourth-order valence-corrected chi connectivity index (χ4v) is 4.98. The van der Waals surface area contributed by atoms with Crippen molar-refractivity contribution in [1.82, 2.24) is 14.9 Å². The number of thiophene rings is 1. The fraction of sp³-hybridized carbons (Fsp3) is 0.278. The average Bonchev–Trinajstić information content (AvgIpc) is 3.33. The molecule has 1 amide bonds. The van der Waals surface area contributed by atoms with Gasteiger partial charge in [-0.3, -0.25) is 4.79 Å². The van der Waals surface area contributed by atoms with Gasteiger partial charge < -0.3 is 14.6 Å². The van der Waals surface area contributed by atoms with Crippen molar-refractivity contribution < 1.29 is 22.5 Å². The van der Waals surface area contributed by atoms with Crippen LogP contribution in [0.2, 0.25) is 0 Å². The van der Waals surface area contributed by atoms with Crippen molar-refractivity contribution in [2.75, 3.05) is 19.0 Å². The van der Waals surface area contributed by atoms with Crippen molar-refractivity contribution in [3.05, 3.63) is 41.1 Å². The van der Waals surface area contributed by atoms with Gasteiger partial charge in [-0.2, -0.15) is 4.98 Å². The highest BCUT2D eigenvalue weighted by atomic mass is 32.2. The first-order valence-electron chi connectivity index (χ1n) is 8.69. The summed E-state index contributed by atoms with van der Waals surface area (Å²) >= 11 is 1.24. The third-order valence-electron chi connectivity index (χ3n) is 3.93. The second kappa shape index (κ2) is 8.72. The molecule has 29 heavy (non-hydrogen) atoms. The molecule has 2 aromatic heterocycles. The van der Waals surface area contributed by atoms with E-state index in [0.717, 1.165) is 0 Å². The van der Waals surface area contributed by atoms with E-state index in [1.165, 1.54) is 24.5 Å². The summed E-state index contributed by atoms with van der Waals surface area (Å²) in [5.41, 5.74) is 0.506. The number of aryl methyl sites for hydroxylation is 2. The van der Waals surface area contributed by atoms with Gasteiger partial charge in [0.2, 0.25) is 27.6 Å². The Bertz CT molecular complexity index is 1120. The number of ether oxygens (including phenoxy) is 1. The molecule has 0 aliphatic rings. The third-order valence-corrected chi connectivity index (χ3v) is 6.63. The van der Waals surface area contributed by atoms with Gasteiger partial charge in [0.25, 0.3) is 0 Å². The molecule has 1 aromatic carbocycles. The van der Waals surface area contributed by atoms with Gasteiger partial charge in [0.05, 0.1) is 23.4 Å². The maximum Gasteiger partial charge on any atom is 0.242 e. The fourth-order valence-electron chi connectivity index (χ4n) is 2.49. The van der Waals surface area contributed by atoms with Crippen LogP contribution >= 0.6 is 11.3 Å². The number of hydrogen-bond acceptors (Lipinski definition) is 8. The van der Waals surface area contributed by atoms with E-state index in [2.05, 4.69) is 20.2 Å². The molecule has 0 saturated carbocycles. The van der Waals surface area contributed by atoms with E-state index >= 15 is 0 Å². The highest BCUT2D eigenvalue weighted by Crippen LogP contribution is 2.32. The highest BCUT2D eigenvalue weighted by Gasteiger charge is 2.23. The molecule has 11 heteroatoms. The summed E-state index contributed by atoms with van der Waals surface area (Å²) in [6.45, 7) is 3.15. The van der Waals surface area contributed by atoms with E-state index in [4.69, 9.17) is 9.26 Å². The molecule has 0 aliphatic carbocycles. The Morgan fingerprint density at radius 3 is 2.79 bits per heavy atom. The molecule has 2 N–H and O–H groups in total. The molecule has 0 aliphatic heterocycles. The van der Waals surface area contributed by atoms with Crippen LogP contribution in [0.1, 0.15) is 17.7 Å². The number of sulfonamides is 1. The first-order chi connectivity index (χ1) is 13.8. The first kappa shape index (κ1) is 21.0. The van der Waals surface area contributed by atoms with Crippen molar-refractivity contribution in [3.8, 4) is 16.5 Å². The minimum Gasteiger partial charge on any atom is -0.497 e. The van der Waals surface area contributed by atoms with Crippen LogP contribution in [-0.4, -0.2) is 38.1 Å². The summed E-state index contributed by atoms with van der Waals surface area (Å²) in [4.78, 5) is 17.6. The van der Waals surface area contributed by atoms with Crippen LogP contribution in [0.3, 0.4) is 0 Å². The number of methoxy groups -OCH3 is 1. The normalized spacial score (nSPS) is 11.4. The van der Waals surface area contributed by atoms with Crippen LogP contribution in [0, 0.1) is 6.92 Å². The molecular formula is C18H20N4O5S2. The molecule has 0 saturated heterocycles. The third kappa shape index (κ3) is 5.00. The number of carbonyl (C=O) groups excluding carboxylic acids is 1. The number of amides is 1. The van der Waals surface area contributed by atoms with Gasteiger partial charge in [-0.15, -0.1) is 11.3 Å². The molecule has 154 valence electrons. The van der Waals surface area contributed by atoms with Crippen LogP contribution in [0.5, 0.6) is 5.75 Å². The lowest BCUT2D eigenvalue weighted by Gasteiger charge is -2.08. The average molecular weight is 437 g/mol. The molecule has 3 aromatic rings. The molecule has 0 bridgehead atoms. The lowest BCUT2D eigenvalue weighted by molar-refractivity contribution is -0.115. The Labute approximate surface area is 172 Å². The maximum atomic E-state index is 12.6. The number of aromatic nitrogens is 2. The second-order valence-corrected chi connectivity index (χ2v) is 8.99. The summed E-state index contributed by atoms with van der Waals surface area (Å²) in [7, 11) is -2.37. The molecule has 0 fully saturated rings. The van der Waals surface area contributed by atoms with E-state index in [0.29, 0.717) is 39.3 Å². The number of nitrogens with zero attached hydrogens (tertiary/aromatic N) is 2. The predicted octanol–water partition coefficient (Wildman–Crippen LogP) is 2.59. The van der Waals surface area contributed by atoms with Gasteiger partial charge in [0.1, 0.15) is 5.75 Å². The highest BCUT2D eigenvalue weighted by molar-refractivity contribution is 7.89. The number of carbonyl (C=O) groups is 1. The van der Waals surface area contributed by atoms with Gasteiger partial charge in [0.15, 0.2) is 0 Å². The van der Waals surface area contributed by atoms with E-state index in [-0.39, 0.29) is 4.90 Å². The Kier molecular flexibility index (Phi) is 6.30. The molecule has 2 heterocycles. The molecule has 0 radical (unpaired) electrons. The lowest BCUT2D eigenvalue weighted by atomic mass is 10.3. The molecule has 0 unspecified atom stereocenters. The second-order valence-electron chi connectivity index (χ2n) is 6.00. The molecular weight excluding hydrogens is 416 g/mol. The molecule has 3 rings (SSSR count). The maximum absolute atomic E-state index is 12.6. The zero-order chi connectivity index (χ0) is 21.0. The van der Waals surface area contributed by atoms with Crippen LogP contribution < -0.4 is 14.8 Å². The van der Waals surface area contributed by atoms with E-state index in [1.54, 1.807) is 31.2 Å². The first-order valence-corrected chi connectivity index (χ1v) is 11.0. The monoisotopic (exact) mass is 436 g/mol. The number of nitrogens with one attached hydrogen (secondary N) is 2. The zero-order valence-corrected chi connectivity index (χ0v) is 17.7. The van der Waals surface area contributed by atoms with Gasteiger partial charge in [-0.05, 0) is 25.1 Å². The van der Waals surface area contributed by atoms with E-state index < -0.39 is 22.5 Å². The van der Waals surface area contributed by atoms with Crippen LogP contribution in [0.25, 0.3) is 10.7 Å². The largest absolute Gasteiger partial charge is 0.497 e. The summed E-state index contributed by atoms with van der Waals surface area (Å²) in [6, 6.07) is 8.25. The minimum absolute atomic E-state index is 0.0783. The van der Waals surface area contributed by atoms with Gasteiger partial charge in [-0.1, -0.05) is 18.1 Å². The Morgan fingerprint density at radius 1 is 1.31 bits per heavy atom. The van der Waals surface area contributed by atoms with Gasteiger partial charge in [0, 0.05) is 23.1 Å². The SMILES string of the molecule is CCc1nc(-c2cc(S(=O)(=O)NCC(=O)Nc3cccc(OC)c3)c(C)s2)no1. The zero-order valence-electron chi connectivity index (χ0n) is 16.1. The summed E-state index contributed by atoms with van der Waals surface area (Å²) in [5.74, 6) is 0.896. The Hall–Kier alpha value is -2.76. The predicted molar refractivity (Wildman–Crippen MR) is 109 cm³/mol. The number of rotatable bonds is 8. The van der Waals surface area contributed by atoms with Crippen LogP contribution in [-0.2, 0) is 21.2 Å². The summed E-state index contributed by atoms with van der Waals surface area (Å²) in [5, 5.41) is 6.48. The number of benzene rings is 1. The van der Waals surface area contributed by atoms with Crippen molar-refractivity contribution >= 4 is 33.0 Å². The molecule has 0 spiro atoms. The van der Waals surface area contributed by atoms with E-state index in [9.17, 15) is 13.2 Å². The number of hydrogen-bond donors (Lipinski definition) is 2. The van der Waals surface area contributed by atoms with Crippen molar-refractivity contribution in [3.63, 3.8) is 0 Å². The Balaban J connectivity index is 1.68. The standard InChI is InChI=1S/C18H20N4O5S2/c1-4-17-21-18(22-27-17)14-9-15(11(2)28-14)29(24,25)19-10-16(23)20-12-6-5-7-13(8-12)26-3/h5-9,19H,4,10H2,1-3H3,(H,20,23). The van der Waals surface area contributed by atoms with Gasteiger partial charge in [-0.25, -0.2) is 13.1 Å². The van der Waals surface area contributed by atoms with Crippen molar-refractivity contribution in [2.24, 2.45) is 0 Å². The smallest absolute Gasteiger partial charge is 0.242 e.